The molecule has 0 atom stereocenters. The standard InChI is InChI=1S/C27H25ClN4O4/c28-21-5-3-4-19(16-21)17-36-22-10-8-20(9-11-22)26(33)30-29-25-23-6-1-2-7-24(23)32(27(25)34)18-31-12-14-35-15-13-31/h1-11,16,34H,12-15,17-18H2. The summed E-state index contributed by atoms with van der Waals surface area (Å²) in [6, 6.07) is 21.7. The Morgan fingerprint density at radius 1 is 1.03 bits per heavy atom. The second-order valence-electron chi connectivity index (χ2n) is 8.44. The second kappa shape index (κ2) is 10.9. The van der Waals surface area contributed by atoms with E-state index in [0.717, 1.165) is 29.6 Å². The molecule has 1 N–H and O–H groups in total. The van der Waals surface area contributed by atoms with Crippen LogP contribution in [0.2, 0.25) is 5.02 Å². The van der Waals surface area contributed by atoms with Crippen LogP contribution in [0, 0.1) is 0 Å². The van der Waals surface area contributed by atoms with Crippen LogP contribution in [0.15, 0.2) is 83.0 Å². The molecule has 0 spiro atoms. The minimum absolute atomic E-state index is 0.0241. The van der Waals surface area contributed by atoms with Crippen LogP contribution in [0.25, 0.3) is 10.9 Å². The molecule has 0 bridgehead atoms. The fourth-order valence-corrected chi connectivity index (χ4v) is 4.31. The SMILES string of the molecule is O=C(N=Nc1c(O)n(CN2CCOCC2)c2ccccc12)c1ccc(OCc2cccc(Cl)c2)cc1. The van der Waals surface area contributed by atoms with Crippen molar-refractivity contribution in [1.82, 2.24) is 9.47 Å². The topological polar surface area (TPSA) is 88.6 Å². The molecule has 1 fully saturated rings. The number of aromatic nitrogens is 1. The first-order valence-corrected chi connectivity index (χ1v) is 12.0. The van der Waals surface area contributed by atoms with Gasteiger partial charge in [-0.2, -0.15) is 0 Å². The number of para-hydroxylation sites is 1. The van der Waals surface area contributed by atoms with Crippen molar-refractivity contribution < 1.29 is 19.4 Å². The minimum atomic E-state index is -0.513. The highest BCUT2D eigenvalue weighted by Crippen LogP contribution is 2.39. The highest BCUT2D eigenvalue weighted by Gasteiger charge is 2.20. The number of azo groups is 1. The summed E-state index contributed by atoms with van der Waals surface area (Å²) < 4.78 is 13.0. The largest absolute Gasteiger partial charge is 0.493 e. The number of fused-ring (bicyclic) bond motifs is 1. The zero-order valence-electron chi connectivity index (χ0n) is 19.5. The third kappa shape index (κ3) is 5.41. The molecule has 1 aliphatic rings. The molecule has 1 aromatic heterocycles. The number of morpholine rings is 1. The fraction of sp³-hybridized carbons (Fsp3) is 0.222. The molecule has 2 heterocycles. The van der Waals surface area contributed by atoms with Crippen LogP contribution in [0.1, 0.15) is 15.9 Å². The quantitative estimate of drug-likeness (QED) is 0.322. The summed E-state index contributed by atoms with van der Waals surface area (Å²) in [5.74, 6) is 0.0806. The van der Waals surface area contributed by atoms with Crippen molar-refractivity contribution in [3.8, 4) is 11.6 Å². The predicted molar refractivity (Wildman–Crippen MR) is 137 cm³/mol. The van der Waals surface area contributed by atoms with Gasteiger partial charge in [0.25, 0.3) is 5.91 Å². The van der Waals surface area contributed by atoms with Crippen molar-refractivity contribution in [2.75, 3.05) is 26.3 Å². The summed E-state index contributed by atoms with van der Waals surface area (Å²) in [6.07, 6.45) is 0. The molecular weight excluding hydrogens is 480 g/mol. The fourth-order valence-electron chi connectivity index (χ4n) is 4.10. The van der Waals surface area contributed by atoms with Gasteiger partial charge < -0.3 is 14.6 Å². The number of ether oxygens (including phenoxy) is 2. The van der Waals surface area contributed by atoms with E-state index in [2.05, 4.69) is 15.1 Å². The Morgan fingerprint density at radius 2 is 1.81 bits per heavy atom. The van der Waals surface area contributed by atoms with Crippen LogP contribution in [-0.4, -0.2) is 46.8 Å². The first-order chi connectivity index (χ1) is 17.6. The molecule has 1 saturated heterocycles. The van der Waals surface area contributed by atoms with Gasteiger partial charge in [-0.3, -0.25) is 14.3 Å². The highest BCUT2D eigenvalue weighted by atomic mass is 35.5. The van der Waals surface area contributed by atoms with E-state index in [0.29, 0.717) is 42.8 Å². The van der Waals surface area contributed by atoms with E-state index in [-0.39, 0.29) is 11.6 Å². The van der Waals surface area contributed by atoms with Crippen LogP contribution in [-0.2, 0) is 18.0 Å². The van der Waals surface area contributed by atoms with Gasteiger partial charge in [0.15, 0.2) is 5.69 Å². The van der Waals surface area contributed by atoms with E-state index in [1.807, 2.05) is 48.5 Å². The van der Waals surface area contributed by atoms with E-state index in [1.165, 1.54) is 0 Å². The third-order valence-electron chi connectivity index (χ3n) is 6.00. The van der Waals surface area contributed by atoms with Crippen molar-refractivity contribution in [1.29, 1.82) is 0 Å². The number of halogens is 1. The summed E-state index contributed by atoms with van der Waals surface area (Å²) >= 11 is 6.01. The van der Waals surface area contributed by atoms with Crippen LogP contribution >= 0.6 is 11.6 Å². The molecule has 0 aliphatic carbocycles. The molecule has 184 valence electrons. The van der Waals surface area contributed by atoms with E-state index >= 15 is 0 Å². The summed E-state index contributed by atoms with van der Waals surface area (Å²) in [5.41, 5.74) is 2.41. The Bertz CT molecular complexity index is 1390. The molecule has 9 heteroatoms. The zero-order chi connectivity index (χ0) is 24.9. The van der Waals surface area contributed by atoms with Crippen molar-refractivity contribution >= 4 is 34.1 Å². The van der Waals surface area contributed by atoms with Gasteiger partial charge in [0.1, 0.15) is 12.4 Å². The van der Waals surface area contributed by atoms with Crippen molar-refractivity contribution in [3.05, 3.63) is 88.9 Å². The van der Waals surface area contributed by atoms with Gasteiger partial charge in [0.2, 0.25) is 5.88 Å². The Hall–Kier alpha value is -3.72. The summed E-state index contributed by atoms with van der Waals surface area (Å²) in [5, 5.41) is 20.4. The first kappa shape index (κ1) is 24.0. The number of carbonyl (C=O) groups is 1. The molecule has 3 aromatic carbocycles. The molecule has 0 unspecified atom stereocenters. The number of rotatable bonds is 7. The summed E-state index contributed by atoms with van der Waals surface area (Å²) in [4.78, 5) is 14.9. The van der Waals surface area contributed by atoms with E-state index in [1.54, 1.807) is 28.8 Å². The number of aromatic hydroxyl groups is 1. The summed E-state index contributed by atoms with van der Waals surface area (Å²) in [6.45, 7) is 3.73. The number of hydrogen-bond donors (Lipinski definition) is 1. The molecule has 4 aromatic rings. The van der Waals surface area contributed by atoms with Crippen molar-refractivity contribution in [2.24, 2.45) is 10.2 Å². The van der Waals surface area contributed by atoms with Crippen LogP contribution in [0.5, 0.6) is 11.6 Å². The van der Waals surface area contributed by atoms with Gasteiger partial charge in [-0.05, 0) is 48.0 Å². The van der Waals surface area contributed by atoms with Crippen LogP contribution < -0.4 is 4.74 Å². The van der Waals surface area contributed by atoms with Gasteiger partial charge in [0, 0.05) is 29.1 Å². The maximum Gasteiger partial charge on any atom is 0.295 e. The monoisotopic (exact) mass is 504 g/mol. The molecule has 8 nitrogen and oxygen atoms in total. The van der Waals surface area contributed by atoms with Crippen LogP contribution in [0.3, 0.4) is 0 Å². The van der Waals surface area contributed by atoms with E-state index in [4.69, 9.17) is 21.1 Å². The van der Waals surface area contributed by atoms with Crippen molar-refractivity contribution in [3.63, 3.8) is 0 Å². The minimum Gasteiger partial charge on any atom is -0.493 e. The molecule has 0 radical (unpaired) electrons. The van der Waals surface area contributed by atoms with Gasteiger partial charge in [0.05, 0.1) is 25.4 Å². The number of hydrogen-bond acceptors (Lipinski definition) is 6. The van der Waals surface area contributed by atoms with Crippen LogP contribution in [0.4, 0.5) is 5.69 Å². The molecule has 0 saturated carbocycles. The average molecular weight is 505 g/mol. The number of nitrogens with zero attached hydrogens (tertiary/aromatic N) is 4. The van der Waals surface area contributed by atoms with Gasteiger partial charge in [-0.15, -0.1) is 10.2 Å². The maximum atomic E-state index is 12.7. The summed E-state index contributed by atoms with van der Waals surface area (Å²) in [7, 11) is 0. The lowest BCUT2D eigenvalue weighted by molar-refractivity contribution is 0.0231. The highest BCUT2D eigenvalue weighted by molar-refractivity contribution is 6.30. The number of amides is 1. The molecule has 1 aliphatic heterocycles. The van der Waals surface area contributed by atoms with E-state index in [9.17, 15) is 9.90 Å². The second-order valence-corrected chi connectivity index (χ2v) is 8.87. The van der Waals surface area contributed by atoms with Crippen molar-refractivity contribution in [2.45, 2.75) is 13.3 Å². The van der Waals surface area contributed by atoms with Gasteiger partial charge >= 0.3 is 0 Å². The van der Waals surface area contributed by atoms with Gasteiger partial charge in [-0.25, -0.2) is 0 Å². The lowest BCUT2D eigenvalue weighted by atomic mass is 10.2. The lowest BCUT2D eigenvalue weighted by Gasteiger charge is -2.27. The predicted octanol–water partition coefficient (Wildman–Crippen LogP) is 5.79. The first-order valence-electron chi connectivity index (χ1n) is 11.6. The molecular formula is C27H25ClN4O4. The third-order valence-corrected chi connectivity index (χ3v) is 6.23. The Kier molecular flexibility index (Phi) is 7.27. The number of carbonyl (C=O) groups excluding carboxylic acids is 1. The lowest BCUT2D eigenvalue weighted by Crippen LogP contribution is -2.37. The molecule has 1 amide bonds. The van der Waals surface area contributed by atoms with Gasteiger partial charge in [-0.1, -0.05) is 41.9 Å². The molecule has 36 heavy (non-hydrogen) atoms. The number of benzene rings is 3. The zero-order valence-corrected chi connectivity index (χ0v) is 20.3. The Morgan fingerprint density at radius 3 is 2.58 bits per heavy atom. The average Bonchev–Trinajstić information content (AvgIpc) is 3.17. The van der Waals surface area contributed by atoms with E-state index < -0.39 is 5.91 Å². The Balaban J connectivity index is 1.30. The molecule has 5 rings (SSSR count). The smallest absolute Gasteiger partial charge is 0.295 e. The maximum absolute atomic E-state index is 12.7. The normalized spacial score (nSPS) is 14.5. The Labute approximate surface area is 213 Å².